The van der Waals surface area contributed by atoms with Crippen LogP contribution in [-0.4, -0.2) is 12.5 Å². The first-order chi connectivity index (χ1) is 9.95. The van der Waals surface area contributed by atoms with Crippen LogP contribution in [0.15, 0.2) is 47.1 Å². The molecule has 0 saturated heterocycles. The topological polar surface area (TPSA) is 54.3 Å². The zero-order chi connectivity index (χ0) is 15.3. The maximum absolute atomic E-state index is 11.7. The number of carbonyl (C=O) groups excluding carboxylic acids is 1. The molecular formula is C17H22N2O2. The van der Waals surface area contributed by atoms with Gasteiger partial charge in [-0.2, -0.15) is 0 Å². The molecule has 1 amide bonds. The number of carbonyl (C=O) groups is 1. The molecule has 0 aliphatic heterocycles. The molecule has 4 nitrogen and oxygen atoms in total. The van der Waals surface area contributed by atoms with E-state index >= 15 is 0 Å². The van der Waals surface area contributed by atoms with E-state index in [-0.39, 0.29) is 17.9 Å². The van der Waals surface area contributed by atoms with Crippen LogP contribution in [0.4, 0.5) is 5.69 Å². The number of furan rings is 1. The van der Waals surface area contributed by atoms with Gasteiger partial charge in [0.25, 0.3) is 0 Å². The van der Waals surface area contributed by atoms with Gasteiger partial charge in [-0.15, -0.1) is 0 Å². The number of rotatable bonds is 5. The zero-order valence-corrected chi connectivity index (χ0v) is 12.8. The fourth-order valence-corrected chi connectivity index (χ4v) is 1.93. The predicted octanol–water partition coefficient (Wildman–Crippen LogP) is 3.31. The molecule has 2 aromatic rings. The van der Waals surface area contributed by atoms with Crippen LogP contribution in [0, 0.1) is 0 Å². The smallest absolute Gasteiger partial charge is 0.239 e. The van der Waals surface area contributed by atoms with Crippen LogP contribution >= 0.6 is 0 Å². The molecule has 1 aromatic heterocycles. The molecule has 0 radical (unpaired) electrons. The van der Waals surface area contributed by atoms with Gasteiger partial charge >= 0.3 is 0 Å². The molecule has 0 aliphatic carbocycles. The average Bonchev–Trinajstić information content (AvgIpc) is 2.95. The van der Waals surface area contributed by atoms with Gasteiger partial charge in [0.15, 0.2) is 0 Å². The Bertz CT molecular complexity index is 566. The van der Waals surface area contributed by atoms with Crippen LogP contribution in [0.5, 0.6) is 0 Å². The highest BCUT2D eigenvalue weighted by Crippen LogP contribution is 2.23. The molecule has 0 unspecified atom stereocenters. The van der Waals surface area contributed by atoms with E-state index in [1.165, 1.54) is 5.56 Å². The van der Waals surface area contributed by atoms with Gasteiger partial charge in [-0.25, -0.2) is 0 Å². The summed E-state index contributed by atoms with van der Waals surface area (Å²) in [6, 6.07) is 11.8. The Labute approximate surface area is 125 Å². The van der Waals surface area contributed by atoms with E-state index in [0.29, 0.717) is 6.54 Å². The fourth-order valence-electron chi connectivity index (χ4n) is 1.93. The van der Waals surface area contributed by atoms with Gasteiger partial charge in [0.1, 0.15) is 5.76 Å². The Kier molecular flexibility index (Phi) is 4.68. The minimum atomic E-state index is -0.0636. The fraction of sp³-hybridized carbons (Fsp3) is 0.353. The summed E-state index contributed by atoms with van der Waals surface area (Å²) < 4.78 is 5.16. The van der Waals surface area contributed by atoms with E-state index in [0.717, 1.165) is 11.4 Å². The van der Waals surface area contributed by atoms with Crippen molar-refractivity contribution in [1.29, 1.82) is 0 Å². The summed E-state index contributed by atoms with van der Waals surface area (Å²) in [5, 5.41) is 5.91. The highest BCUT2D eigenvalue weighted by Gasteiger charge is 2.12. The van der Waals surface area contributed by atoms with Crippen molar-refractivity contribution in [2.75, 3.05) is 11.9 Å². The van der Waals surface area contributed by atoms with Gasteiger partial charge in [0.05, 0.1) is 19.4 Å². The molecule has 4 heteroatoms. The van der Waals surface area contributed by atoms with Crippen molar-refractivity contribution in [3.63, 3.8) is 0 Å². The van der Waals surface area contributed by atoms with Crippen LogP contribution in [0.2, 0.25) is 0 Å². The summed E-state index contributed by atoms with van der Waals surface area (Å²) in [6.07, 6.45) is 1.59. The molecule has 0 spiro atoms. The van der Waals surface area contributed by atoms with Crippen molar-refractivity contribution < 1.29 is 9.21 Å². The Morgan fingerprint density at radius 1 is 1.14 bits per heavy atom. The van der Waals surface area contributed by atoms with Gasteiger partial charge < -0.3 is 15.1 Å². The van der Waals surface area contributed by atoms with E-state index in [1.807, 2.05) is 18.2 Å². The lowest BCUT2D eigenvalue weighted by molar-refractivity contribution is -0.119. The summed E-state index contributed by atoms with van der Waals surface area (Å²) in [7, 11) is 0. The number of nitrogens with one attached hydrogen (secondary N) is 2. The highest BCUT2D eigenvalue weighted by molar-refractivity contribution is 5.80. The first-order valence-corrected chi connectivity index (χ1v) is 7.08. The molecule has 1 aromatic carbocycles. The van der Waals surface area contributed by atoms with Gasteiger partial charge in [-0.3, -0.25) is 4.79 Å². The number of hydrogen-bond donors (Lipinski definition) is 2. The monoisotopic (exact) mass is 286 g/mol. The molecule has 0 fully saturated rings. The lowest BCUT2D eigenvalue weighted by atomic mass is 9.87. The Hall–Kier alpha value is -2.23. The zero-order valence-electron chi connectivity index (χ0n) is 12.8. The van der Waals surface area contributed by atoms with Crippen LogP contribution in [0.3, 0.4) is 0 Å². The average molecular weight is 286 g/mol. The minimum Gasteiger partial charge on any atom is -0.467 e. The molecule has 112 valence electrons. The molecule has 0 atom stereocenters. The Balaban J connectivity index is 1.78. The van der Waals surface area contributed by atoms with Crippen molar-refractivity contribution in [2.45, 2.75) is 32.7 Å². The third-order valence-corrected chi connectivity index (χ3v) is 3.24. The Morgan fingerprint density at radius 2 is 1.86 bits per heavy atom. The summed E-state index contributed by atoms with van der Waals surface area (Å²) in [4.78, 5) is 11.7. The van der Waals surface area contributed by atoms with Crippen LogP contribution in [0.1, 0.15) is 32.1 Å². The summed E-state index contributed by atoms with van der Waals surface area (Å²) in [5.74, 6) is 0.684. The number of amides is 1. The minimum absolute atomic E-state index is 0.0636. The van der Waals surface area contributed by atoms with Crippen molar-refractivity contribution >= 4 is 11.6 Å². The van der Waals surface area contributed by atoms with Crippen molar-refractivity contribution in [3.8, 4) is 0 Å². The molecule has 1 heterocycles. The van der Waals surface area contributed by atoms with E-state index in [4.69, 9.17) is 4.42 Å². The largest absolute Gasteiger partial charge is 0.467 e. The maximum atomic E-state index is 11.7. The normalized spacial score (nSPS) is 11.2. The Morgan fingerprint density at radius 3 is 2.43 bits per heavy atom. The van der Waals surface area contributed by atoms with Gasteiger partial charge in [0.2, 0.25) is 5.91 Å². The predicted molar refractivity (Wildman–Crippen MR) is 84.2 cm³/mol. The number of benzene rings is 1. The molecule has 21 heavy (non-hydrogen) atoms. The molecular weight excluding hydrogens is 264 g/mol. The van der Waals surface area contributed by atoms with Crippen LogP contribution < -0.4 is 10.6 Å². The second-order valence-corrected chi connectivity index (χ2v) is 6.04. The number of hydrogen-bond acceptors (Lipinski definition) is 3. The highest BCUT2D eigenvalue weighted by atomic mass is 16.3. The lowest BCUT2D eigenvalue weighted by Crippen LogP contribution is -2.29. The summed E-state index contributed by atoms with van der Waals surface area (Å²) in [6.45, 7) is 7.19. The van der Waals surface area contributed by atoms with Gasteiger partial charge in [0, 0.05) is 5.69 Å². The quantitative estimate of drug-likeness (QED) is 0.886. The van der Waals surface area contributed by atoms with E-state index in [1.54, 1.807) is 12.3 Å². The summed E-state index contributed by atoms with van der Waals surface area (Å²) in [5.41, 5.74) is 2.35. The maximum Gasteiger partial charge on any atom is 0.239 e. The first-order valence-electron chi connectivity index (χ1n) is 7.08. The second-order valence-electron chi connectivity index (χ2n) is 6.04. The van der Waals surface area contributed by atoms with E-state index in [9.17, 15) is 4.79 Å². The van der Waals surface area contributed by atoms with Gasteiger partial charge in [-0.05, 0) is 35.2 Å². The van der Waals surface area contributed by atoms with Crippen LogP contribution in [0.25, 0.3) is 0 Å². The van der Waals surface area contributed by atoms with Crippen LogP contribution in [-0.2, 0) is 16.8 Å². The molecule has 2 N–H and O–H groups in total. The van der Waals surface area contributed by atoms with Crippen molar-refractivity contribution in [3.05, 3.63) is 54.0 Å². The van der Waals surface area contributed by atoms with Gasteiger partial charge in [-0.1, -0.05) is 32.9 Å². The molecule has 2 rings (SSSR count). The first kappa shape index (κ1) is 15.2. The third-order valence-electron chi connectivity index (χ3n) is 3.24. The van der Waals surface area contributed by atoms with E-state index < -0.39 is 0 Å². The van der Waals surface area contributed by atoms with Crippen molar-refractivity contribution in [1.82, 2.24) is 5.32 Å². The number of anilines is 1. The van der Waals surface area contributed by atoms with Crippen molar-refractivity contribution in [2.24, 2.45) is 0 Å². The molecule has 0 aliphatic rings. The SMILES string of the molecule is CC(C)(C)c1ccc(NCC(=O)NCc2ccco2)cc1. The summed E-state index contributed by atoms with van der Waals surface area (Å²) >= 11 is 0. The molecule has 0 bridgehead atoms. The lowest BCUT2D eigenvalue weighted by Gasteiger charge is -2.19. The molecule has 0 saturated carbocycles. The second kappa shape index (κ2) is 6.48. The standard InChI is InChI=1S/C17H22N2O2/c1-17(2,3)13-6-8-14(9-7-13)18-12-16(20)19-11-15-5-4-10-21-15/h4-10,18H,11-12H2,1-3H3,(H,19,20). The van der Waals surface area contributed by atoms with E-state index in [2.05, 4.69) is 43.5 Å². The third kappa shape index (κ3) is 4.67.